The summed E-state index contributed by atoms with van der Waals surface area (Å²) < 4.78 is 44.6. The molecule has 2 N–H and O–H groups in total. The second kappa shape index (κ2) is 5.94. The number of hydrogen-bond acceptors (Lipinski definition) is 6. The Morgan fingerprint density at radius 1 is 1.31 bits per heavy atom. The summed E-state index contributed by atoms with van der Waals surface area (Å²) in [6, 6.07) is 1.48. The second-order valence-electron chi connectivity index (χ2n) is 6.22. The van der Waals surface area contributed by atoms with Gasteiger partial charge in [-0.3, -0.25) is 4.79 Å². The van der Waals surface area contributed by atoms with E-state index in [1.807, 2.05) is 0 Å². The lowest BCUT2D eigenvalue weighted by Gasteiger charge is -2.23. The van der Waals surface area contributed by atoms with Crippen LogP contribution in [-0.4, -0.2) is 37.8 Å². The van der Waals surface area contributed by atoms with Crippen molar-refractivity contribution in [2.24, 2.45) is 0 Å². The number of piperidine rings is 1. The van der Waals surface area contributed by atoms with Gasteiger partial charge in [0, 0.05) is 12.0 Å². The van der Waals surface area contributed by atoms with Crippen LogP contribution in [0.5, 0.6) is 0 Å². The number of aromatic amines is 1. The molecule has 3 aromatic heterocycles. The summed E-state index contributed by atoms with van der Waals surface area (Å²) in [6.45, 7) is 3.26. The Balaban J connectivity index is 1.89. The fraction of sp³-hybridized carbons (Fsp3) is 0.467. The predicted molar refractivity (Wildman–Crippen MR) is 83.7 cm³/mol. The summed E-state index contributed by atoms with van der Waals surface area (Å²) in [5.41, 5.74) is 1.19. The van der Waals surface area contributed by atoms with Crippen LogP contribution < -0.4 is 10.9 Å². The van der Waals surface area contributed by atoms with E-state index in [0.29, 0.717) is 5.69 Å². The quantitative estimate of drug-likeness (QED) is 0.716. The molecule has 0 amide bonds. The van der Waals surface area contributed by atoms with Crippen molar-refractivity contribution in [1.82, 2.24) is 30.1 Å². The third-order valence-corrected chi connectivity index (χ3v) is 4.48. The number of fused-ring (bicyclic) bond motifs is 1. The van der Waals surface area contributed by atoms with Gasteiger partial charge >= 0.3 is 6.18 Å². The normalized spacial score (nSPS) is 16.5. The van der Waals surface area contributed by atoms with Crippen molar-refractivity contribution in [2.75, 3.05) is 13.1 Å². The van der Waals surface area contributed by atoms with Gasteiger partial charge in [-0.25, -0.2) is 4.52 Å². The number of alkyl halides is 3. The zero-order valence-corrected chi connectivity index (χ0v) is 13.7. The van der Waals surface area contributed by atoms with E-state index in [9.17, 15) is 18.0 Å². The van der Waals surface area contributed by atoms with Gasteiger partial charge in [0.2, 0.25) is 0 Å². The van der Waals surface area contributed by atoms with Crippen LogP contribution in [-0.2, 0) is 6.18 Å². The molecular weight excluding hydrogens is 353 g/mol. The van der Waals surface area contributed by atoms with Gasteiger partial charge in [0.15, 0.2) is 0 Å². The summed E-state index contributed by atoms with van der Waals surface area (Å²) in [7, 11) is 0. The maximum Gasteiger partial charge on any atom is 0.455 e. The first-order valence-corrected chi connectivity index (χ1v) is 8.09. The van der Waals surface area contributed by atoms with Crippen LogP contribution >= 0.6 is 0 Å². The van der Waals surface area contributed by atoms with Crippen molar-refractivity contribution in [2.45, 2.75) is 31.9 Å². The van der Waals surface area contributed by atoms with E-state index in [-0.39, 0.29) is 28.6 Å². The summed E-state index contributed by atoms with van der Waals surface area (Å²) >= 11 is 0. The van der Waals surface area contributed by atoms with Crippen LogP contribution in [0.1, 0.15) is 36.0 Å². The van der Waals surface area contributed by atoms with E-state index in [1.165, 1.54) is 6.07 Å². The molecule has 0 aliphatic carbocycles. The molecule has 26 heavy (non-hydrogen) atoms. The number of hydrogen-bond donors (Lipinski definition) is 2. The minimum Gasteiger partial charge on any atom is -0.333 e. The molecule has 4 heterocycles. The average Bonchev–Trinajstić information content (AvgIpc) is 3.18. The van der Waals surface area contributed by atoms with Crippen LogP contribution in [0.15, 0.2) is 15.4 Å². The monoisotopic (exact) mass is 368 g/mol. The Kier molecular flexibility index (Phi) is 3.83. The Bertz CT molecular complexity index is 1010. The highest BCUT2D eigenvalue weighted by atomic mass is 19.4. The third-order valence-electron chi connectivity index (χ3n) is 4.48. The number of nitrogens with one attached hydrogen (secondary N) is 2. The van der Waals surface area contributed by atoms with Gasteiger partial charge in [0.1, 0.15) is 11.2 Å². The van der Waals surface area contributed by atoms with Crippen LogP contribution in [0.25, 0.3) is 17.1 Å². The number of nitrogens with zero attached hydrogens (tertiary/aromatic N) is 4. The standard InChI is InChI=1S/C15H15F3N6O2/c1-7-11(13-21-14(23-26-13)15(16,17)18)12-20-10(25)6-9(24(12)22-7)8-2-4-19-5-3-8/h6,8,19H,2-5H2,1H3,(H,20,25). The smallest absolute Gasteiger partial charge is 0.333 e. The van der Waals surface area contributed by atoms with E-state index in [4.69, 9.17) is 4.52 Å². The van der Waals surface area contributed by atoms with Gasteiger partial charge in [-0.15, -0.1) is 0 Å². The third kappa shape index (κ3) is 2.77. The maximum absolute atomic E-state index is 12.8. The lowest BCUT2D eigenvalue weighted by Crippen LogP contribution is -2.28. The Labute approximate surface area is 144 Å². The molecule has 1 fully saturated rings. The molecule has 1 aliphatic heterocycles. The molecular formula is C15H15F3N6O2. The summed E-state index contributed by atoms with van der Waals surface area (Å²) in [5, 5.41) is 10.6. The van der Waals surface area contributed by atoms with Crippen molar-refractivity contribution in [3.8, 4) is 11.5 Å². The molecule has 11 heteroatoms. The highest BCUT2D eigenvalue weighted by Gasteiger charge is 2.38. The van der Waals surface area contributed by atoms with Crippen molar-refractivity contribution in [3.05, 3.63) is 33.6 Å². The zero-order chi connectivity index (χ0) is 18.5. The van der Waals surface area contributed by atoms with Crippen molar-refractivity contribution in [3.63, 3.8) is 0 Å². The molecule has 8 nitrogen and oxygen atoms in total. The number of aryl methyl sites for hydroxylation is 1. The fourth-order valence-corrected chi connectivity index (χ4v) is 3.28. The van der Waals surface area contributed by atoms with Crippen LogP contribution in [0, 0.1) is 6.92 Å². The van der Waals surface area contributed by atoms with Crippen LogP contribution in [0.3, 0.4) is 0 Å². The highest BCUT2D eigenvalue weighted by molar-refractivity contribution is 5.74. The van der Waals surface area contributed by atoms with Gasteiger partial charge in [0.05, 0.1) is 11.4 Å². The summed E-state index contributed by atoms with van der Waals surface area (Å²) in [6.07, 6.45) is -3.04. The first kappa shape index (κ1) is 16.8. The first-order chi connectivity index (χ1) is 12.3. The minimum absolute atomic E-state index is 0.127. The van der Waals surface area contributed by atoms with Gasteiger partial charge in [-0.2, -0.15) is 23.3 Å². The topological polar surface area (TPSA) is 101 Å². The molecule has 0 unspecified atom stereocenters. The van der Waals surface area contributed by atoms with Gasteiger partial charge in [0.25, 0.3) is 17.3 Å². The number of H-pyrrole nitrogens is 1. The molecule has 0 bridgehead atoms. The van der Waals surface area contributed by atoms with Crippen LogP contribution in [0.2, 0.25) is 0 Å². The van der Waals surface area contributed by atoms with Crippen molar-refractivity contribution >= 4 is 5.65 Å². The average molecular weight is 368 g/mol. The SMILES string of the molecule is Cc1nn2c(C3CCNCC3)cc(=O)[nH]c2c1-c1nc(C(F)(F)F)no1. The molecule has 1 saturated heterocycles. The molecule has 1 aliphatic rings. The minimum atomic E-state index is -4.72. The number of aromatic nitrogens is 5. The Morgan fingerprint density at radius 2 is 2.04 bits per heavy atom. The zero-order valence-electron chi connectivity index (χ0n) is 13.7. The second-order valence-corrected chi connectivity index (χ2v) is 6.22. The van der Waals surface area contributed by atoms with Crippen molar-refractivity contribution < 1.29 is 17.7 Å². The summed E-state index contributed by atoms with van der Waals surface area (Å²) in [4.78, 5) is 18.2. The molecule has 0 atom stereocenters. The first-order valence-electron chi connectivity index (χ1n) is 8.09. The molecule has 0 saturated carbocycles. The summed E-state index contributed by atoms with van der Waals surface area (Å²) in [5.74, 6) is -1.58. The van der Waals surface area contributed by atoms with Gasteiger partial charge in [-0.05, 0) is 32.9 Å². The lowest BCUT2D eigenvalue weighted by molar-refractivity contribution is -0.146. The Hall–Kier alpha value is -2.69. The largest absolute Gasteiger partial charge is 0.455 e. The van der Waals surface area contributed by atoms with Gasteiger partial charge in [-0.1, -0.05) is 5.16 Å². The predicted octanol–water partition coefficient (Wildman–Crippen LogP) is 1.87. The number of halogens is 3. The molecule has 138 valence electrons. The van der Waals surface area contributed by atoms with E-state index in [2.05, 4.69) is 25.5 Å². The molecule has 3 aromatic rings. The highest BCUT2D eigenvalue weighted by Crippen LogP contribution is 2.32. The van der Waals surface area contributed by atoms with Crippen molar-refractivity contribution in [1.29, 1.82) is 0 Å². The van der Waals surface area contributed by atoms with E-state index >= 15 is 0 Å². The van der Waals surface area contributed by atoms with E-state index < -0.39 is 12.0 Å². The van der Waals surface area contributed by atoms with Gasteiger partial charge < -0.3 is 14.8 Å². The Morgan fingerprint density at radius 3 is 2.69 bits per heavy atom. The number of rotatable bonds is 2. The van der Waals surface area contributed by atoms with Crippen LogP contribution in [0.4, 0.5) is 13.2 Å². The molecule has 4 rings (SSSR count). The lowest BCUT2D eigenvalue weighted by atomic mass is 9.94. The van der Waals surface area contributed by atoms with E-state index in [0.717, 1.165) is 31.6 Å². The fourth-order valence-electron chi connectivity index (χ4n) is 3.28. The molecule has 0 spiro atoms. The molecule has 0 radical (unpaired) electrons. The van der Waals surface area contributed by atoms with E-state index in [1.54, 1.807) is 11.4 Å². The maximum atomic E-state index is 12.8. The molecule has 0 aromatic carbocycles.